The Kier molecular flexibility index (Phi) is 6.62. The average molecular weight is 454 g/mol. The summed E-state index contributed by atoms with van der Waals surface area (Å²) in [4.78, 5) is 33.7. The molecular weight excluding hydrogens is 429 g/mol. The number of amides is 1. The third kappa shape index (κ3) is 4.71. The lowest BCUT2D eigenvalue weighted by molar-refractivity contribution is -0.148. The molecule has 0 radical (unpaired) electrons. The fourth-order valence-corrected chi connectivity index (χ4v) is 4.60. The van der Waals surface area contributed by atoms with E-state index in [4.69, 9.17) is 4.74 Å². The first kappa shape index (κ1) is 22.1. The number of benzene rings is 2. The van der Waals surface area contributed by atoms with E-state index in [9.17, 15) is 14.0 Å². The van der Waals surface area contributed by atoms with Crippen LogP contribution in [0.4, 0.5) is 4.39 Å². The highest BCUT2D eigenvalue weighted by Crippen LogP contribution is 2.27. The van der Waals surface area contributed by atoms with Gasteiger partial charge in [0.15, 0.2) is 0 Å². The van der Waals surface area contributed by atoms with Crippen molar-refractivity contribution < 1.29 is 18.7 Å². The monoisotopic (exact) mass is 453 g/mol. The second-order valence-corrected chi connectivity index (χ2v) is 8.57. The van der Waals surface area contributed by atoms with E-state index in [1.165, 1.54) is 36.1 Å². The number of thiazole rings is 1. The number of aryl methyl sites for hydroxylation is 1. The molecular formula is C24H24FN3O3S. The topological polar surface area (TPSA) is 62.7 Å². The molecule has 1 amide bonds. The Morgan fingerprint density at radius 2 is 1.69 bits per heavy atom. The number of halogens is 1. The van der Waals surface area contributed by atoms with Crippen molar-refractivity contribution in [2.24, 2.45) is 0 Å². The lowest BCUT2D eigenvalue weighted by atomic mass is 10.0. The summed E-state index contributed by atoms with van der Waals surface area (Å²) in [7, 11) is 1.34. The highest BCUT2D eigenvalue weighted by molar-refractivity contribution is 7.13. The lowest BCUT2D eigenvalue weighted by Crippen LogP contribution is -2.51. The maximum Gasteiger partial charge on any atom is 0.327 e. The molecule has 0 bridgehead atoms. The lowest BCUT2D eigenvalue weighted by Gasteiger charge is -2.38. The summed E-state index contributed by atoms with van der Waals surface area (Å²) in [5.41, 5.74) is 3.26. The van der Waals surface area contributed by atoms with Gasteiger partial charge in [-0.15, -0.1) is 11.3 Å². The number of ether oxygens (including phenoxy) is 1. The first-order chi connectivity index (χ1) is 15.5. The number of hydrogen-bond donors (Lipinski definition) is 0. The van der Waals surface area contributed by atoms with Crippen LogP contribution in [-0.2, 0) is 9.53 Å². The smallest absolute Gasteiger partial charge is 0.327 e. The largest absolute Gasteiger partial charge is 0.468 e. The summed E-state index contributed by atoms with van der Waals surface area (Å²) in [6, 6.07) is 13.3. The van der Waals surface area contributed by atoms with Crippen molar-refractivity contribution in [1.29, 1.82) is 0 Å². The molecule has 8 heteroatoms. The molecule has 2 aromatic carbocycles. The van der Waals surface area contributed by atoms with Crippen LogP contribution in [-0.4, -0.2) is 59.9 Å². The number of rotatable bonds is 5. The van der Waals surface area contributed by atoms with Crippen molar-refractivity contribution in [2.45, 2.75) is 13.0 Å². The molecule has 3 aromatic rings. The highest BCUT2D eigenvalue weighted by atomic mass is 32.1. The predicted octanol–water partition coefficient (Wildman–Crippen LogP) is 3.93. The van der Waals surface area contributed by atoms with Crippen LogP contribution in [0.2, 0.25) is 0 Å². The summed E-state index contributed by atoms with van der Waals surface area (Å²) >= 11 is 1.45. The minimum absolute atomic E-state index is 0.115. The van der Waals surface area contributed by atoms with Gasteiger partial charge in [-0.1, -0.05) is 42.0 Å². The summed E-state index contributed by atoms with van der Waals surface area (Å²) < 4.78 is 18.3. The van der Waals surface area contributed by atoms with Crippen LogP contribution < -0.4 is 0 Å². The third-order valence-corrected chi connectivity index (χ3v) is 6.49. The molecule has 32 heavy (non-hydrogen) atoms. The zero-order chi connectivity index (χ0) is 22.7. The van der Waals surface area contributed by atoms with E-state index in [2.05, 4.69) is 4.98 Å². The minimum atomic E-state index is -0.634. The summed E-state index contributed by atoms with van der Waals surface area (Å²) in [6.45, 7) is 3.95. The van der Waals surface area contributed by atoms with E-state index in [0.29, 0.717) is 37.4 Å². The number of hydrogen-bond acceptors (Lipinski definition) is 6. The van der Waals surface area contributed by atoms with Crippen molar-refractivity contribution in [3.8, 4) is 10.6 Å². The second kappa shape index (κ2) is 9.58. The molecule has 1 aromatic heterocycles. The van der Waals surface area contributed by atoms with E-state index in [-0.39, 0.29) is 11.7 Å². The first-order valence-electron chi connectivity index (χ1n) is 10.4. The molecule has 1 aliphatic rings. The standard InChI is InChI=1S/C24H24FN3O3S/c1-16-3-5-18(6-4-16)22-26-20(15-32-22)23(29)28-13-11-27(12-14-28)21(24(30)31-2)17-7-9-19(25)10-8-17/h3-10,15,21H,11-14H2,1-2H3. The van der Waals surface area contributed by atoms with Gasteiger partial charge in [0.25, 0.3) is 5.91 Å². The molecule has 1 atom stereocenters. The first-order valence-corrected chi connectivity index (χ1v) is 11.2. The SMILES string of the molecule is COC(=O)C(c1ccc(F)cc1)N1CCN(C(=O)c2csc(-c3ccc(C)cc3)n2)CC1. The van der Waals surface area contributed by atoms with Gasteiger partial charge in [-0.3, -0.25) is 9.69 Å². The van der Waals surface area contributed by atoms with Gasteiger partial charge in [0.1, 0.15) is 22.6 Å². The zero-order valence-corrected chi connectivity index (χ0v) is 18.8. The number of nitrogens with zero attached hydrogens (tertiary/aromatic N) is 3. The van der Waals surface area contributed by atoms with E-state index in [0.717, 1.165) is 10.6 Å². The molecule has 0 spiro atoms. The molecule has 1 saturated heterocycles. The number of piperazine rings is 1. The molecule has 1 fully saturated rings. The van der Waals surface area contributed by atoms with Crippen LogP contribution in [0.25, 0.3) is 10.6 Å². The number of esters is 1. The van der Waals surface area contributed by atoms with Gasteiger partial charge in [0, 0.05) is 37.1 Å². The number of carbonyl (C=O) groups is 2. The maximum absolute atomic E-state index is 13.3. The Morgan fingerprint density at radius 1 is 1.03 bits per heavy atom. The summed E-state index contributed by atoms with van der Waals surface area (Å²) in [6.07, 6.45) is 0. The van der Waals surface area contributed by atoms with Gasteiger partial charge in [0.2, 0.25) is 0 Å². The van der Waals surface area contributed by atoms with E-state index in [1.807, 2.05) is 36.1 Å². The van der Waals surface area contributed by atoms with Gasteiger partial charge >= 0.3 is 5.97 Å². The molecule has 0 N–H and O–H groups in total. The molecule has 1 unspecified atom stereocenters. The normalized spacial score (nSPS) is 15.4. The molecule has 6 nitrogen and oxygen atoms in total. The van der Waals surface area contributed by atoms with Gasteiger partial charge in [-0.05, 0) is 24.6 Å². The van der Waals surface area contributed by atoms with Crippen molar-refractivity contribution in [1.82, 2.24) is 14.8 Å². The highest BCUT2D eigenvalue weighted by Gasteiger charge is 2.33. The molecule has 166 valence electrons. The second-order valence-electron chi connectivity index (χ2n) is 7.71. The Morgan fingerprint density at radius 3 is 2.31 bits per heavy atom. The van der Waals surface area contributed by atoms with Crippen LogP contribution in [0, 0.1) is 12.7 Å². The van der Waals surface area contributed by atoms with Crippen LogP contribution >= 0.6 is 11.3 Å². The van der Waals surface area contributed by atoms with E-state index < -0.39 is 12.0 Å². The molecule has 0 aliphatic carbocycles. The Labute approximate surface area is 190 Å². The van der Waals surface area contributed by atoms with Crippen molar-refractivity contribution in [3.63, 3.8) is 0 Å². The third-order valence-electron chi connectivity index (χ3n) is 5.60. The van der Waals surface area contributed by atoms with Crippen molar-refractivity contribution >= 4 is 23.2 Å². The van der Waals surface area contributed by atoms with Gasteiger partial charge in [-0.2, -0.15) is 0 Å². The van der Waals surface area contributed by atoms with Crippen LogP contribution in [0.15, 0.2) is 53.9 Å². The predicted molar refractivity (Wildman–Crippen MR) is 121 cm³/mol. The molecule has 1 aliphatic heterocycles. The molecule has 4 rings (SSSR count). The summed E-state index contributed by atoms with van der Waals surface area (Å²) in [5.74, 6) is -0.879. The van der Waals surface area contributed by atoms with Crippen molar-refractivity contribution in [3.05, 3.63) is 76.5 Å². The fourth-order valence-electron chi connectivity index (χ4n) is 3.80. The van der Waals surface area contributed by atoms with E-state index >= 15 is 0 Å². The van der Waals surface area contributed by atoms with Crippen LogP contribution in [0.1, 0.15) is 27.7 Å². The van der Waals surface area contributed by atoms with Gasteiger partial charge < -0.3 is 9.64 Å². The van der Waals surface area contributed by atoms with Crippen LogP contribution in [0.5, 0.6) is 0 Å². The zero-order valence-electron chi connectivity index (χ0n) is 18.0. The summed E-state index contributed by atoms with van der Waals surface area (Å²) in [5, 5.41) is 2.61. The average Bonchev–Trinajstić information content (AvgIpc) is 3.31. The molecule has 2 heterocycles. The maximum atomic E-state index is 13.3. The Bertz CT molecular complexity index is 1090. The molecule has 0 saturated carbocycles. The Balaban J connectivity index is 1.43. The van der Waals surface area contributed by atoms with Crippen molar-refractivity contribution in [2.75, 3.05) is 33.3 Å². The quantitative estimate of drug-likeness (QED) is 0.548. The number of carbonyl (C=O) groups excluding carboxylic acids is 2. The number of methoxy groups -OCH3 is 1. The minimum Gasteiger partial charge on any atom is -0.468 e. The van der Waals surface area contributed by atoms with E-state index in [1.54, 1.807) is 22.4 Å². The van der Waals surface area contributed by atoms with Crippen LogP contribution in [0.3, 0.4) is 0 Å². The fraction of sp³-hybridized carbons (Fsp3) is 0.292. The van der Waals surface area contributed by atoms with Gasteiger partial charge in [-0.25, -0.2) is 14.2 Å². The number of aromatic nitrogens is 1. The Hall–Kier alpha value is -3.10. The van der Waals surface area contributed by atoms with Gasteiger partial charge in [0.05, 0.1) is 7.11 Å².